The van der Waals surface area contributed by atoms with Crippen molar-refractivity contribution >= 4 is 0 Å². The summed E-state index contributed by atoms with van der Waals surface area (Å²) in [6, 6.07) is 32.4. The largest absolute Gasteiger partial charge is 0.491 e. The van der Waals surface area contributed by atoms with Gasteiger partial charge in [-0.2, -0.15) is 0 Å². The van der Waals surface area contributed by atoms with Crippen LogP contribution in [0.1, 0.15) is 44.9 Å². The van der Waals surface area contributed by atoms with Crippen LogP contribution in [0.4, 0.5) is 0 Å². The van der Waals surface area contributed by atoms with Gasteiger partial charge in [0, 0.05) is 17.0 Å². The molecule has 0 aliphatic carbocycles. The minimum absolute atomic E-state index is 0.177. The van der Waals surface area contributed by atoms with E-state index in [2.05, 4.69) is 119 Å². The van der Waals surface area contributed by atoms with Gasteiger partial charge in [0.15, 0.2) is 0 Å². The molecule has 4 saturated heterocycles. The van der Waals surface area contributed by atoms with Crippen molar-refractivity contribution in [1.82, 2.24) is 0 Å². The lowest BCUT2D eigenvalue weighted by Crippen LogP contribution is -2.15. The van der Waals surface area contributed by atoms with Crippen LogP contribution < -0.4 is 18.9 Å². The molecule has 0 spiro atoms. The normalized spacial score (nSPS) is 19.5. The minimum Gasteiger partial charge on any atom is -0.491 e. The summed E-state index contributed by atoms with van der Waals surface area (Å²) in [5.74, 6) is 2.97. The summed E-state index contributed by atoms with van der Waals surface area (Å²) in [5.41, 5.74) is 11.5. The van der Waals surface area contributed by atoms with E-state index in [1.807, 2.05) is 0 Å². The van der Waals surface area contributed by atoms with Crippen LogP contribution in [0.3, 0.4) is 0 Å². The van der Waals surface area contributed by atoms with Gasteiger partial charge in [0.05, 0.1) is 79.3 Å². The van der Waals surface area contributed by atoms with Gasteiger partial charge in [0.25, 0.3) is 0 Å². The third-order valence-electron chi connectivity index (χ3n) is 12.1. The average Bonchev–Trinajstić information content (AvgIpc) is 4.10. The molecule has 0 bridgehead atoms. The lowest BCUT2D eigenvalue weighted by atomic mass is 9.80. The number of hydrogen-bond donors (Lipinski definition) is 0. The van der Waals surface area contributed by atoms with Crippen molar-refractivity contribution in [2.75, 3.05) is 106 Å². The first-order valence-electron chi connectivity index (χ1n) is 23.7. The summed E-state index contributed by atoms with van der Waals surface area (Å²) >= 11 is 0. The van der Waals surface area contributed by atoms with Gasteiger partial charge >= 0.3 is 0 Å². The highest BCUT2D eigenvalue weighted by Crippen LogP contribution is 2.47. The van der Waals surface area contributed by atoms with Gasteiger partial charge in [-0.25, -0.2) is 0 Å². The summed E-state index contributed by atoms with van der Waals surface area (Å²) < 4.78 is 70.7. The summed E-state index contributed by atoms with van der Waals surface area (Å²) in [6.45, 7) is 17.4. The highest BCUT2D eigenvalue weighted by molar-refractivity contribution is 5.74. The monoisotopic (exact) mass is 916 g/mol. The van der Waals surface area contributed by atoms with E-state index in [9.17, 15) is 0 Å². The quantitative estimate of drug-likeness (QED) is 0.0259. The highest BCUT2D eigenvalue weighted by Gasteiger charge is 2.29. The Morgan fingerprint density at radius 1 is 0.403 bits per heavy atom. The van der Waals surface area contributed by atoms with E-state index >= 15 is 0 Å². The van der Waals surface area contributed by atoms with Gasteiger partial charge < -0.3 is 56.8 Å². The van der Waals surface area contributed by atoms with E-state index in [0.717, 1.165) is 111 Å². The van der Waals surface area contributed by atoms with E-state index in [1.165, 1.54) is 0 Å². The van der Waals surface area contributed by atoms with Crippen molar-refractivity contribution in [3.8, 4) is 45.3 Å². The molecule has 12 heteroatoms. The van der Waals surface area contributed by atoms with Gasteiger partial charge in [0.1, 0.15) is 73.8 Å². The summed E-state index contributed by atoms with van der Waals surface area (Å²) in [4.78, 5) is 0. The molecule has 67 heavy (non-hydrogen) atoms. The maximum absolute atomic E-state index is 6.82. The molecule has 4 aliphatic heterocycles. The van der Waals surface area contributed by atoms with Crippen LogP contribution in [0, 0.1) is 27.7 Å². The molecule has 0 saturated carbocycles. The number of rotatable bonds is 29. The van der Waals surface area contributed by atoms with E-state index in [1.54, 1.807) is 0 Å². The number of ether oxygens (including phenoxy) is 12. The first kappa shape index (κ1) is 47.1. The lowest BCUT2D eigenvalue weighted by Gasteiger charge is -2.27. The van der Waals surface area contributed by atoms with Crippen molar-refractivity contribution in [3.05, 3.63) is 130 Å². The molecule has 0 N–H and O–H groups in total. The van der Waals surface area contributed by atoms with Gasteiger partial charge in [-0.15, -0.1) is 0 Å². The summed E-state index contributed by atoms with van der Waals surface area (Å²) in [7, 11) is 0. The van der Waals surface area contributed by atoms with Crippen LogP contribution in [-0.4, -0.2) is 130 Å². The maximum atomic E-state index is 6.82. The van der Waals surface area contributed by atoms with Crippen LogP contribution in [0.5, 0.6) is 23.0 Å². The topological polar surface area (TPSA) is 124 Å². The van der Waals surface area contributed by atoms with Crippen LogP contribution in [-0.2, 0) is 37.9 Å². The van der Waals surface area contributed by atoms with Crippen molar-refractivity contribution < 1.29 is 56.8 Å². The molecule has 0 radical (unpaired) electrons. The number of aryl methyl sites for hydroxylation is 4. The molecular formula is C55H64O12. The lowest BCUT2D eigenvalue weighted by molar-refractivity contribution is 0.0869. The number of epoxide rings is 4. The SMILES string of the molecule is Cc1cc(-c2cc(C)c(OCCOCC3CO3)c(C(c3ccccc3)c3cc(-c4ccc(OCCOCC5CO5)c(C)c4)cc(C)c3OCCOCC3CO3)c2)ccc1OCCOCC1CO1. The van der Waals surface area contributed by atoms with Crippen molar-refractivity contribution in [2.45, 2.75) is 58.0 Å². The molecule has 4 aliphatic rings. The van der Waals surface area contributed by atoms with Crippen molar-refractivity contribution in [3.63, 3.8) is 0 Å². The fraction of sp³-hybridized carbons (Fsp3) is 0.455. The summed E-state index contributed by atoms with van der Waals surface area (Å²) in [6.07, 6.45) is 0.815. The number of hydrogen-bond acceptors (Lipinski definition) is 12. The van der Waals surface area contributed by atoms with Gasteiger partial charge in [-0.05, 0) is 126 Å². The zero-order valence-electron chi connectivity index (χ0n) is 39.3. The summed E-state index contributed by atoms with van der Waals surface area (Å²) in [5, 5.41) is 0. The van der Waals surface area contributed by atoms with Gasteiger partial charge in [0.2, 0.25) is 0 Å². The standard InChI is InChI=1S/C55H64O12/c1-36-22-41(10-12-51(36)60-18-14-56-28-45-32-64-45)43-24-38(3)54(62-20-16-58-30-47-34-66-47)49(26-43)53(40-8-6-5-7-9-40)50-27-44(25-39(4)55(50)63-21-17-59-31-48-35-67-48)42-11-13-52(37(2)23-42)61-19-15-57-29-46-33-65-46/h5-13,22-27,45-48,53H,14-21,28-35H2,1-4H3. The first-order valence-corrected chi connectivity index (χ1v) is 23.7. The second-order valence-electron chi connectivity index (χ2n) is 17.7. The zero-order valence-corrected chi connectivity index (χ0v) is 39.3. The molecule has 356 valence electrons. The van der Waals surface area contributed by atoms with Crippen LogP contribution in [0.2, 0.25) is 0 Å². The molecular weight excluding hydrogens is 853 g/mol. The Bertz CT molecular complexity index is 2240. The van der Waals surface area contributed by atoms with Crippen molar-refractivity contribution in [1.29, 1.82) is 0 Å². The Balaban J connectivity index is 1.07. The van der Waals surface area contributed by atoms with E-state index in [-0.39, 0.29) is 30.3 Å². The second kappa shape index (κ2) is 22.9. The molecule has 4 heterocycles. The fourth-order valence-electron chi connectivity index (χ4n) is 8.26. The fourth-order valence-corrected chi connectivity index (χ4v) is 8.26. The molecule has 4 unspecified atom stereocenters. The molecule has 4 atom stereocenters. The van der Waals surface area contributed by atoms with E-state index < -0.39 is 0 Å². The smallest absolute Gasteiger partial charge is 0.126 e. The molecule has 5 aromatic rings. The minimum atomic E-state index is -0.306. The average molecular weight is 917 g/mol. The Hall–Kier alpha value is -5.02. The second-order valence-corrected chi connectivity index (χ2v) is 17.7. The van der Waals surface area contributed by atoms with Gasteiger partial charge in [-0.3, -0.25) is 0 Å². The molecule has 5 aromatic carbocycles. The molecule has 9 rings (SSSR count). The molecule has 12 nitrogen and oxygen atoms in total. The molecule has 0 aromatic heterocycles. The highest BCUT2D eigenvalue weighted by atomic mass is 16.6. The predicted molar refractivity (Wildman–Crippen MR) is 254 cm³/mol. The third kappa shape index (κ3) is 13.6. The Kier molecular flexibility index (Phi) is 16.1. The Morgan fingerprint density at radius 3 is 1.12 bits per heavy atom. The van der Waals surface area contributed by atoms with Gasteiger partial charge in [-0.1, -0.05) is 42.5 Å². The van der Waals surface area contributed by atoms with Crippen LogP contribution in [0.25, 0.3) is 22.3 Å². The molecule has 4 fully saturated rings. The Labute approximate surface area is 394 Å². The third-order valence-corrected chi connectivity index (χ3v) is 12.1. The van der Waals surface area contributed by atoms with Crippen LogP contribution in [0.15, 0.2) is 91.0 Å². The maximum Gasteiger partial charge on any atom is 0.126 e. The Morgan fingerprint density at radius 2 is 0.761 bits per heavy atom. The van der Waals surface area contributed by atoms with Crippen LogP contribution >= 0.6 is 0 Å². The number of benzene rings is 5. The zero-order chi connectivity index (χ0) is 46.0. The first-order chi connectivity index (χ1) is 32.9. The van der Waals surface area contributed by atoms with E-state index in [0.29, 0.717) is 79.3 Å². The molecule has 0 amide bonds. The predicted octanol–water partition coefficient (Wildman–Crippen LogP) is 8.61. The van der Waals surface area contributed by atoms with E-state index in [4.69, 9.17) is 56.8 Å². The van der Waals surface area contributed by atoms with Crippen molar-refractivity contribution in [2.24, 2.45) is 0 Å².